The molecule has 0 bridgehead atoms. The van der Waals surface area contributed by atoms with Crippen molar-refractivity contribution in [2.45, 2.75) is 38.9 Å². The van der Waals surface area contributed by atoms with Gasteiger partial charge in [0, 0.05) is 0 Å². The van der Waals surface area contributed by atoms with E-state index in [1.54, 1.807) is 0 Å². The van der Waals surface area contributed by atoms with Gasteiger partial charge in [-0.3, -0.25) is 0 Å². The molecule has 0 radical (unpaired) electrons. The Morgan fingerprint density at radius 1 is 1.27 bits per heavy atom. The first-order valence-electron chi connectivity index (χ1n) is 3.74. The minimum atomic E-state index is -1.47. The van der Waals surface area contributed by atoms with Crippen LogP contribution in [0.5, 0.6) is 0 Å². The first kappa shape index (κ1) is 14.3. The van der Waals surface area contributed by atoms with Crippen molar-refractivity contribution < 1.29 is 23.3 Å². The van der Waals surface area contributed by atoms with Crippen molar-refractivity contribution in [1.82, 2.24) is 0 Å². The molecule has 0 aliphatic carbocycles. The van der Waals surface area contributed by atoms with E-state index in [0.717, 1.165) is 0 Å². The van der Waals surface area contributed by atoms with Gasteiger partial charge in [0.2, 0.25) is 0 Å². The SMILES string of the molecule is [CH2-]CO[Si](C)(C)C(C)(C)C.[Li+]. The summed E-state index contributed by atoms with van der Waals surface area (Å²) in [7, 11) is -1.47. The average molecular weight is 166 g/mol. The van der Waals surface area contributed by atoms with E-state index in [2.05, 4.69) is 40.8 Å². The molecule has 62 valence electrons. The van der Waals surface area contributed by atoms with Crippen molar-refractivity contribution in [1.29, 1.82) is 0 Å². The summed E-state index contributed by atoms with van der Waals surface area (Å²) >= 11 is 0. The Bertz CT molecular complexity index is 107. The van der Waals surface area contributed by atoms with E-state index < -0.39 is 8.32 Å². The minimum absolute atomic E-state index is 0. The summed E-state index contributed by atoms with van der Waals surface area (Å²) in [6, 6.07) is 0. The van der Waals surface area contributed by atoms with Crippen LogP contribution in [-0.2, 0) is 4.43 Å². The molecular formula is C8H19LiOSi. The van der Waals surface area contributed by atoms with Crippen molar-refractivity contribution in [2.24, 2.45) is 0 Å². The zero-order chi connectivity index (χ0) is 8.41. The van der Waals surface area contributed by atoms with Crippen LogP contribution < -0.4 is 18.9 Å². The van der Waals surface area contributed by atoms with Crippen LogP contribution >= 0.6 is 0 Å². The molecule has 3 heteroatoms. The molecule has 0 unspecified atom stereocenters. The summed E-state index contributed by atoms with van der Waals surface area (Å²) in [5.41, 5.74) is 0. The third-order valence-corrected chi connectivity index (χ3v) is 6.81. The largest absolute Gasteiger partial charge is 1.00 e. The van der Waals surface area contributed by atoms with Crippen LogP contribution in [0.25, 0.3) is 0 Å². The molecule has 0 N–H and O–H groups in total. The van der Waals surface area contributed by atoms with Crippen LogP contribution in [0.1, 0.15) is 20.8 Å². The monoisotopic (exact) mass is 166 g/mol. The summed E-state index contributed by atoms with van der Waals surface area (Å²) in [5.74, 6) is 0. The molecule has 0 aromatic rings. The number of rotatable bonds is 2. The van der Waals surface area contributed by atoms with Gasteiger partial charge in [-0.2, -0.15) is 0 Å². The maximum absolute atomic E-state index is 5.62. The van der Waals surface area contributed by atoms with Crippen LogP contribution in [-0.4, -0.2) is 14.9 Å². The van der Waals surface area contributed by atoms with Gasteiger partial charge in [-0.25, -0.2) is 0 Å². The molecule has 0 heterocycles. The summed E-state index contributed by atoms with van der Waals surface area (Å²) < 4.78 is 5.62. The van der Waals surface area contributed by atoms with E-state index in [9.17, 15) is 0 Å². The maximum atomic E-state index is 5.62. The topological polar surface area (TPSA) is 9.23 Å². The van der Waals surface area contributed by atoms with E-state index in [-0.39, 0.29) is 18.9 Å². The Labute approximate surface area is 84.2 Å². The van der Waals surface area contributed by atoms with Crippen LogP contribution in [0.15, 0.2) is 0 Å². The molecule has 0 atom stereocenters. The van der Waals surface area contributed by atoms with Gasteiger partial charge in [-0.05, 0) is 18.1 Å². The third-order valence-electron chi connectivity index (χ3n) is 2.27. The Morgan fingerprint density at radius 3 is 1.73 bits per heavy atom. The summed E-state index contributed by atoms with van der Waals surface area (Å²) in [6.07, 6.45) is 0. The Balaban J connectivity index is 0. The van der Waals surface area contributed by atoms with Gasteiger partial charge in [0.1, 0.15) is 0 Å². The molecule has 0 aromatic heterocycles. The van der Waals surface area contributed by atoms with Gasteiger partial charge in [-0.1, -0.05) is 27.4 Å². The number of hydrogen-bond donors (Lipinski definition) is 0. The third kappa shape index (κ3) is 4.37. The zero-order valence-electron chi connectivity index (χ0n) is 8.82. The van der Waals surface area contributed by atoms with Gasteiger partial charge in [0.05, 0.1) is 0 Å². The quantitative estimate of drug-likeness (QED) is 0.409. The van der Waals surface area contributed by atoms with Gasteiger partial charge in [0.25, 0.3) is 0 Å². The molecule has 1 nitrogen and oxygen atoms in total. The van der Waals surface area contributed by atoms with Crippen molar-refractivity contribution >= 4 is 8.32 Å². The van der Waals surface area contributed by atoms with Crippen molar-refractivity contribution in [2.75, 3.05) is 6.61 Å². The van der Waals surface area contributed by atoms with Gasteiger partial charge < -0.3 is 11.3 Å². The predicted molar refractivity (Wildman–Crippen MR) is 48.5 cm³/mol. The summed E-state index contributed by atoms with van der Waals surface area (Å²) in [4.78, 5) is 0. The Hall–Kier alpha value is 0.774. The molecular weight excluding hydrogens is 147 g/mol. The number of hydrogen-bond acceptors (Lipinski definition) is 1. The molecule has 0 aliphatic rings. The average Bonchev–Trinajstić information content (AvgIpc) is 1.61. The summed E-state index contributed by atoms with van der Waals surface area (Å²) in [5, 5.41) is 0.324. The second kappa shape index (κ2) is 4.72. The first-order valence-corrected chi connectivity index (χ1v) is 6.65. The van der Waals surface area contributed by atoms with Crippen LogP contribution in [0.2, 0.25) is 18.1 Å². The normalized spacial score (nSPS) is 12.5. The van der Waals surface area contributed by atoms with Crippen LogP contribution in [0.3, 0.4) is 0 Å². The predicted octanol–water partition coefficient (Wildman–Crippen LogP) is -0.154. The zero-order valence-corrected chi connectivity index (χ0v) is 9.82. The Kier molecular flexibility index (Phi) is 6.13. The molecule has 0 saturated carbocycles. The molecule has 0 fully saturated rings. The molecule has 0 saturated heterocycles. The van der Waals surface area contributed by atoms with Crippen molar-refractivity contribution in [3.63, 3.8) is 0 Å². The molecule has 0 amide bonds. The fourth-order valence-corrected chi connectivity index (χ4v) is 1.41. The fraction of sp³-hybridized carbons (Fsp3) is 0.875. The Morgan fingerprint density at radius 2 is 1.64 bits per heavy atom. The second-order valence-electron chi connectivity index (χ2n) is 4.11. The minimum Gasteiger partial charge on any atom is -0.448 e. The molecule has 0 aromatic carbocycles. The smallest absolute Gasteiger partial charge is 0.448 e. The molecule has 11 heavy (non-hydrogen) atoms. The standard InChI is InChI=1S/C8H19OSi.Li/c1-7-9-10(5,6)8(2,3)4;/h1,7H2,2-6H3;/q-1;+1. The van der Waals surface area contributed by atoms with Crippen LogP contribution in [0, 0.1) is 6.92 Å². The van der Waals surface area contributed by atoms with Gasteiger partial charge in [-0.15, -0.1) is 0 Å². The molecule has 0 aliphatic heterocycles. The fourth-order valence-electron chi connectivity index (χ4n) is 0.472. The molecule has 0 spiro atoms. The van der Waals surface area contributed by atoms with E-state index in [0.29, 0.717) is 11.6 Å². The van der Waals surface area contributed by atoms with Gasteiger partial charge >= 0.3 is 18.9 Å². The van der Waals surface area contributed by atoms with E-state index in [4.69, 9.17) is 4.43 Å². The van der Waals surface area contributed by atoms with Crippen LogP contribution in [0.4, 0.5) is 0 Å². The maximum Gasteiger partial charge on any atom is 1.00 e. The second-order valence-corrected chi connectivity index (χ2v) is 8.92. The first-order chi connectivity index (χ1) is 4.31. The van der Waals surface area contributed by atoms with Crippen molar-refractivity contribution in [3.05, 3.63) is 6.92 Å². The van der Waals surface area contributed by atoms with E-state index >= 15 is 0 Å². The van der Waals surface area contributed by atoms with Gasteiger partial charge in [0.15, 0.2) is 8.32 Å². The van der Waals surface area contributed by atoms with E-state index in [1.807, 2.05) is 0 Å². The van der Waals surface area contributed by atoms with Crippen molar-refractivity contribution in [3.8, 4) is 0 Å². The molecule has 0 rings (SSSR count). The summed E-state index contributed by atoms with van der Waals surface area (Å²) in [6.45, 7) is 15.5. The van der Waals surface area contributed by atoms with E-state index in [1.165, 1.54) is 0 Å².